The van der Waals surface area contributed by atoms with Crippen LogP contribution in [0.4, 0.5) is 21.0 Å². The highest BCUT2D eigenvalue weighted by atomic mass is 16.2. The Hall–Kier alpha value is -2.24. The molecule has 1 saturated heterocycles. The maximum absolute atomic E-state index is 12.3. The summed E-state index contributed by atoms with van der Waals surface area (Å²) in [4.78, 5) is 27.6. The van der Waals surface area contributed by atoms with Crippen molar-refractivity contribution in [1.29, 1.82) is 0 Å². The Morgan fingerprint density at radius 1 is 1.25 bits per heavy atom. The molecule has 2 fully saturated rings. The molecule has 0 radical (unpaired) electrons. The molecule has 2 aliphatic rings. The highest BCUT2D eigenvalue weighted by Gasteiger charge is 2.35. The summed E-state index contributed by atoms with van der Waals surface area (Å²) in [6, 6.07) is 7.13. The molecule has 1 aliphatic carbocycles. The van der Waals surface area contributed by atoms with E-state index in [4.69, 9.17) is 0 Å². The molecule has 1 aromatic rings. The molecule has 4 amide bonds. The van der Waals surface area contributed by atoms with E-state index in [1.54, 1.807) is 7.05 Å². The minimum atomic E-state index is -0.161. The number of carbonyl (C=O) groups excluding carboxylic acids is 2. The van der Waals surface area contributed by atoms with Crippen molar-refractivity contribution < 1.29 is 9.59 Å². The minimum absolute atomic E-state index is 0.0557. The smallest absolute Gasteiger partial charge is 0.321 e. The zero-order valence-electron chi connectivity index (χ0n) is 14.4. The molecule has 1 heterocycles. The van der Waals surface area contributed by atoms with E-state index in [1.807, 2.05) is 36.1 Å². The van der Waals surface area contributed by atoms with E-state index < -0.39 is 0 Å². The summed E-state index contributed by atoms with van der Waals surface area (Å²) in [5.74, 6) is 1.60. The van der Waals surface area contributed by atoms with E-state index in [0.717, 1.165) is 24.7 Å². The first-order valence-corrected chi connectivity index (χ1v) is 8.74. The molecule has 0 aromatic heterocycles. The lowest BCUT2D eigenvalue weighted by Crippen LogP contribution is -2.51. The van der Waals surface area contributed by atoms with E-state index in [0.29, 0.717) is 18.2 Å². The average Bonchev–Trinajstić information content (AvgIpc) is 3.34. The number of hydrogen-bond donors (Lipinski definition) is 2. The van der Waals surface area contributed by atoms with Gasteiger partial charge in [-0.1, -0.05) is 18.9 Å². The predicted octanol–water partition coefficient (Wildman–Crippen LogP) is 3.12. The first-order valence-electron chi connectivity index (χ1n) is 8.74. The summed E-state index contributed by atoms with van der Waals surface area (Å²) in [7, 11) is 1.71. The van der Waals surface area contributed by atoms with Crippen molar-refractivity contribution in [3.63, 3.8) is 0 Å². The summed E-state index contributed by atoms with van der Waals surface area (Å²) in [6.07, 6.45) is 4.01. The molecule has 1 aliphatic heterocycles. The van der Waals surface area contributed by atoms with Crippen LogP contribution in [0.2, 0.25) is 0 Å². The number of likely N-dealkylation sites (tertiary alicyclic amines) is 1. The first-order chi connectivity index (χ1) is 11.6. The zero-order chi connectivity index (χ0) is 17.1. The third kappa shape index (κ3) is 3.99. The van der Waals surface area contributed by atoms with Crippen LogP contribution in [0.5, 0.6) is 0 Å². The molecule has 0 bridgehead atoms. The van der Waals surface area contributed by atoms with Gasteiger partial charge in [0.2, 0.25) is 0 Å². The number of nitrogens with zero attached hydrogens (tertiary/aromatic N) is 2. The number of hydrogen-bond acceptors (Lipinski definition) is 2. The lowest BCUT2D eigenvalue weighted by atomic mass is 9.94. The van der Waals surface area contributed by atoms with E-state index in [-0.39, 0.29) is 12.1 Å². The topological polar surface area (TPSA) is 64.7 Å². The Morgan fingerprint density at radius 2 is 2.00 bits per heavy atom. The molecule has 0 unspecified atom stereocenters. The fraction of sp³-hybridized carbons (Fsp3) is 0.556. The van der Waals surface area contributed by atoms with Crippen LogP contribution in [-0.2, 0) is 0 Å². The summed E-state index contributed by atoms with van der Waals surface area (Å²) in [5.41, 5.74) is 1.45. The molecule has 6 heteroatoms. The quantitative estimate of drug-likeness (QED) is 0.871. The molecular formula is C18H26N4O2. The molecular weight excluding hydrogens is 304 g/mol. The number of amides is 4. The first kappa shape index (κ1) is 16.6. The van der Waals surface area contributed by atoms with Gasteiger partial charge in [-0.2, -0.15) is 0 Å². The van der Waals surface area contributed by atoms with Gasteiger partial charge in [0.15, 0.2) is 0 Å². The Kier molecular flexibility index (Phi) is 4.92. The van der Waals surface area contributed by atoms with Gasteiger partial charge in [0.1, 0.15) is 0 Å². The Morgan fingerprint density at radius 3 is 2.67 bits per heavy atom. The molecule has 0 spiro atoms. The van der Waals surface area contributed by atoms with Crippen LogP contribution >= 0.6 is 0 Å². The second-order valence-corrected chi connectivity index (χ2v) is 6.83. The highest BCUT2D eigenvalue weighted by Crippen LogP contribution is 2.38. The number of benzene rings is 1. The van der Waals surface area contributed by atoms with Gasteiger partial charge in [-0.25, -0.2) is 9.59 Å². The van der Waals surface area contributed by atoms with Crippen molar-refractivity contribution in [2.75, 3.05) is 36.9 Å². The average molecular weight is 330 g/mol. The van der Waals surface area contributed by atoms with E-state index in [9.17, 15) is 9.59 Å². The normalized spacial score (nSPS) is 17.2. The third-order valence-corrected chi connectivity index (χ3v) is 4.73. The summed E-state index contributed by atoms with van der Waals surface area (Å²) in [6.45, 7) is 4.18. The van der Waals surface area contributed by atoms with Crippen molar-refractivity contribution in [2.45, 2.75) is 26.2 Å². The fourth-order valence-electron chi connectivity index (χ4n) is 3.09. The molecule has 2 N–H and O–H groups in total. The van der Waals surface area contributed by atoms with Gasteiger partial charge in [-0.15, -0.1) is 0 Å². The molecule has 0 atom stereocenters. The van der Waals surface area contributed by atoms with E-state index in [1.165, 1.54) is 24.2 Å². The summed E-state index contributed by atoms with van der Waals surface area (Å²) >= 11 is 0. The SMILES string of the molecule is CCNC(=O)N(C)c1cccc(NC(=O)N2CC(CC3CC3)C2)c1. The number of rotatable bonds is 5. The van der Waals surface area contributed by atoms with E-state index >= 15 is 0 Å². The molecule has 3 rings (SSSR count). The van der Waals surface area contributed by atoms with Crippen LogP contribution < -0.4 is 15.5 Å². The largest absolute Gasteiger partial charge is 0.338 e. The van der Waals surface area contributed by atoms with Crippen molar-refractivity contribution >= 4 is 23.4 Å². The van der Waals surface area contributed by atoms with Crippen molar-refractivity contribution in [3.05, 3.63) is 24.3 Å². The van der Waals surface area contributed by atoms with Gasteiger partial charge in [0.25, 0.3) is 0 Å². The van der Waals surface area contributed by atoms with E-state index in [2.05, 4.69) is 10.6 Å². The van der Waals surface area contributed by atoms with Crippen LogP contribution in [0, 0.1) is 11.8 Å². The van der Waals surface area contributed by atoms with Gasteiger partial charge < -0.3 is 15.5 Å². The van der Waals surface area contributed by atoms with Crippen molar-refractivity contribution in [1.82, 2.24) is 10.2 Å². The molecule has 24 heavy (non-hydrogen) atoms. The third-order valence-electron chi connectivity index (χ3n) is 4.73. The van der Waals surface area contributed by atoms with Gasteiger partial charge in [-0.3, -0.25) is 4.90 Å². The number of carbonyl (C=O) groups is 2. The second kappa shape index (κ2) is 7.11. The number of urea groups is 2. The van der Waals surface area contributed by atoms with Crippen LogP contribution in [-0.4, -0.2) is 43.6 Å². The monoisotopic (exact) mass is 330 g/mol. The van der Waals surface area contributed by atoms with Crippen molar-refractivity contribution in [2.24, 2.45) is 11.8 Å². The minimum Gasteiger partial charge on any atom is -0.338 e. The summed E-state index contributed by atoms with van der Waals surface area (Å²) in [5, 5.41) is 5.69. The molecule has 1 aromatic carbocycles. The van der Waals surface area contributed by atoms with Crippen LogP contribution in [0.15, 0.2) is 24.3 Å². The van der Waals surface area contributed by atoms with Crippen LogP contribution in [0.3, 0.4) is 0 Å². The van der Waals surface area contributed by atoms with Gasteiger partial charge in [0, 0.05) is 38.1 Å². The lowest BCUT2D eigenvalue weighted by molar-refractivity contribution is 0.122. The second-order valence-electron chi connectivity index (χ2n) is 6.83. The maximum Gasteiger partial charge on any atom is 0.321 e. The molecule has 6 nitrogen and oxygen atoms in total. The number of nitrogens with one attached hydrogen (secondary N) is 2. The fourth-order valence-corrected chi connectivity index (χ4v) is 3.09. The molecule has 130 valence electrons. The van der Waals surface area contributed by atoms with Crippen LogP contribution in [0.25, 0.3) is 0 Å². The van der Waals surface area contributed by atoms with Crippen molar-refractivity contribution in [3.8, 4) is 0 Å². The summed E-state index contributed by atoms with van der Waals surface area (Å²) < 4.78 is 0. The number of anilines is 2. The van der Waals surface area contributed by atoms with Crippen LogP contribution in [0.1, 0.15) is 26.2 Å². The maximum atomic E-state index is 12.3. The van der Waals surface area contributed by atoms with Gasteiger partial charge in [0.05, 0.1) is 0 Å². The molecule has 1 saturated carbocycles. The zero-order valence-corrected chi connectivity index (χ0v) is 14.4. The van der Waals surface area contributed by atoms with Gasteiger partial charge in [-0.05, 0) is 43.4 Å². The standard InChI is InChI=1S/C18H26N4O2/c1-3-19-17(23)21(2)16-6-4-5-15(10-16)20-18(24)22-11-14(12-22)9-13-7-8-13/h4-6,10,13-14H,3,7-9,11-12H2,1-2H3,(H,19,23)(H,20,24). The Balaban J connectivity index is 1.52. The Labute approximate surface area is 143 Å². The van der Waals surface area contributed by atoms with Gasteiger partial charge >= 0.3 is 12.1 Å². The Bertz CT molecular complexity index is 609. The lowest BCUT2D eigenvalue weighted by Gasteiger charge is -2.39. The predicted molar refractivity (Wildman–Crippen MR) is 95.3 cm³/mol. The highest BCUT2D eigenvalue weighted by molar-refractivity contribution is 5.94.